The van der Waals surface area contributed by atoms with Crippen LogP contribution in [0.25, 0.3) is 0 Å². The van der Waals surface area contributed by atoms with Crippen LogP contribution >= 0.6 is 0 Å². The molecular formula is C17H29N3O3. The molecule has 6 heteroatoms. The minimum Gasteiger partial charge on any atom is -0.480 e. The van der Waals surface area contributed by atoms with Crippen LogP contribution in [0.4, 0.5) is 0 Å². The van der Waals surface area contributed by atoms with E-state index >= 15 is 0 Å². The second-order valence-corrected chi connectivity index (χ2v) is 6.14. The van der Waals surface area contributed by atoms with E-state index in [1.54, 1.807) is 12.4 Å². The fourth-order valence-corrected chi connectivity index (χ4v) is 2.34. The molecule has 0 aromatic carbocycles. The third kappa shape index (κ3) is 7.05. The molecule has 1 aromatic heterocycles. The Labute approximate surface area is 138 Å². The van der Waals surface area contributed by atoms with Gasteiger partial charge in [-0.3, -0.25) is 4.79 Å². The molecule has 1 atom stereocenters. The Morgan fingerprint density at radius 3 is 2.30 bits per heavy atom. The van der Waals surface area contributed by atoms with Crippen LogP contribution in [0.15, 0.2) is 12.4 Å². The first kappa shape index (κ1) is 19.5. The van der Waals surface area contributed by atoms with Crippen molar-refractivity contribution in [3.8, 4) is 0 Å². The maximum atomic E-state index is 11.0. The first-order valence-corrected chi connectivity index (χ1v) is 8.44. The lowest BCUT2D eigenvalue weighted by molar-refractivity contribution is -0.145. The van der Waals surface area contributed by atoms with Gasteiger partial charge in [-0.25, -0.2) is 9.97 Å². The lowest BCUT2D eigenvalue weighted by atomic mass is 9.95. The van der Waals surface area contributed by atoms with E-state index < -0.39 is 18.1 Å². The van der Waals surface area contributed by atoms with Crippen LogP contribution in [0.5, 0.6) is 0 Å². The van der Waals surface area contributed by atoms with Crippen LogP contribution in [0.3, 0.4) is 0 Å². The van der Waals surface area contributed by atoms with E-state index in [1.165, 1.54) is 32.1 Å². The third-order valence-corrected chi connectivity index (χ3v) is 4.08. The van der Waals surface area contributed by atoms with Crippen molar-refractivity contribution in [2.45, 2.75) is 70.3 Å². The molecular weight excluding hydrogens is 294 g/mol. The number of hydrogen-bond acceptors (Lipinski definition) is 5. The molecule has 4 N–H and O–H groups in total. The van der Waals surface area contributed by atoms with Gasteiger partial charge in [-0.1, -0.05) is 39.0 Å². The number of carboxylic acids is 1. The Kier molecular flexibility index (Phi) is 8.73. The van der Waals surface area contributed by atoms with Crippen molar-refractivity contribution in [2.24, 2.45) is 5.73 Å². The number of carboxylic acid groups (broad SMARTS) is 1. The van der Waals surface area contributed by atoms with Gasteiger partial charge in [0.25, 0.3) is 0 Å². The number of nitrogens with zero attached hydrogens (tertiary/aromatic N) is 2. The average molecular weight is 323 g/mol. The van der Waals surface area contributed by atoms with Crippen molar-refractivity contribution >= 4 is 5.97 Å². The summed E-state index contributed by atoms with van der Waals surface area (Å²) < 4.78 is 0. The van der Waals surface area contributed by atoms with Gasteiger partial charge in [-0.2, -0.15) is 0 Å². The summed E-state index contributed by atoms with van der Waals surface area (Å²) in [6.45, 7) is 1.61. The van der Waals surface area contributed by atoms with Gasteiger partial charge in [0.05, 0.1) is 6.61 Å². The number of carbonyl (C=O) groups is 1. The Morgan fingerprint density at radius 2 is 1.74 bits per heavy atom. The molecule has 1 aromatic rings. The molecule has 0 saturated carbocycles. The van der Waals surface area contributed by atoms with Gasteiger partial charge in [0.15, 0.2) is 0 Å². The van der Waals surface area contributed by atoms with Crippen LogP contribution in [0.1, 0.15) is 63.3 Å². The highest BCUT2D eigenvalue weighted by atomic mass is 16.4. The number of aliphatic hydroxyl groups is 1. The predicted octanol–water partition coefficient (Wildman–Crippen LogP) is 2.09. The Hall–Kier alpha value is -1.53. The van der Waals surface area contributed by atoms with Gasteiger partial charge in [-0.05, 0) is 24.8 Å². The lowest BCUT2D eigenvalue weighted by Crippen LogP contribution is -2.51. The summed E-state index contributed by atoms with van der Waals surface area (Å²) in [6.07, 6.45) is 12.5. The summed E-state index contributed by atoms with van der Waals surface area (Å²) in [6, 6.07) is 0. The van der Waals surface area contributed by atoms with Gasteiger partial charge in [0, 0.05) is 18.8 Å². The molecule has 0 saturated heterocycles. The maximum Gasteiger partial charge on any atom is 0.326 e. The molecule has 0 amide bonds. The SMILES string of the molecule is CCCCCCCCc1cnc(CCC(N)(CO)C(=O)O)nc1. The normalized spacial score (nSPS) is 13.7. The van der Waals surface area contributed by atoms with E-state index in [0.717, 1.165) is 18.4 Å². The van der Waals surface area contributed by atoms with E-state index in [-0.39, 0.29) is 6.42 Å². The first-order valence-electron chi connectivity index (χ1n) is 8.44. The number of nitrogens with two attached hydrogens (primary N) is 1. The maximum absolute atomic E-state index is 11.0. The number of aliphatic hydroxyl groups excluding tert-OH is 1. The zero-order valence-electron chi connectivity index (χ0n) is 14.0. The molecule has 23 heavy (non-hydrogen) atoms. The van der Waals surface area contributed by atoms with E-state index in [1.807, 2.05) is 0 Å². The second kappa shape index (κ2) is 10.3. The summed E-state index contributed by atoms with van der Waals surface area (Å²) in [4.78, 5) is 19.5. The van der Waals surface area contributed by atoms with Gasteiger partial charge >= 0.3 is 5.97 Å². The molecule has 0 spiro atoms. The van der Waals surface area contributed by atoms with E-state index in [4.69, 9.17) is 15.9 Å². The highest BCUT2D eigenvalue weighted by Gasteiger charge is 2.33. The van der Waals surface area contributed by atoms with Gasteiger partial charge in [0.2, 0.25) is 0 Å². The highest BCUT2D eigenvalue weighted by molar-refractivity contribution is 5.78. The van der Waals surface area contributed by atoms with Gasteiger partial charge in [0.1, 0.15) is 11.4 Å². The molecule has 0 aliphatic heterocycles. The molecule has 0 aliphatic carbocycles. The summed E-state index contributed by atoms with van der Waals surface area (Å²) in [5.74, 6) is -0.652. The predicted molar refractivity (Wildman–Crippen MR) is 89.1 cm³/mol. The zero-order valence-corrected chi connectivity index (χ0v) is 14.0. The van der Waals surface area contributed by atoms with E-state index in [2.05, 4.69) is 16.9 Å². The molecule has 0 radical (unpaired) electrons. The summed E-state index contributed by atoms with van der Waals surface area (Å²) in [7, 11) is 0. The number of aryl methyl sites for hydroxylation is 2. The number of hydrogen-bond donors (Lipinski definition) is 3. The van der Waals surface area contributed by atoms with Crippen molar-refractivity contribution < 1.29 is 15.0 Å². The van der Waals surface area contributed by atoms with Crippen LogP contribution in [0, 0.1) is 0 Å². The standard InChI is InChI=1S/C17H29N3O3/c1-2-3-4-5-6-7-8-14-11-19-15(20-12-14)9-10-17(18,13-21)16(22)23/h11-12,21H,2-10,13,18H2,1H3,(H,22,23). The third-order valence-electron chi connectivity index (χ3n) is 4.08. The van der Waals surface area contributed by atoms with Crippen molar-refractivity contribution in [1.29, 1.82) is 0 Å². The van der Waals surface area contributed by atoms with Crippen molar-refractivity contribution in [2.75, 3.05) is 6.61 Å². The number of aliphatic carboxylic acids is 1. The quantitative estimate of drug-likeness (QED) is 0.508. The molecule has 6 nitrogen and oxygen atoms in total. The smallest absolute Gasteiger partial charge is 0.326 e. The van der Waals surface area contributed by atoms with Crippen molar-refractivity contribution in [3.63, 3.8) is 0 Å². The summed E-state index contributed by atoms with van der Waals surface area (Å²) in [5.41, 5.74) is 5.10. The average Bonchev–Trinajstić information content (AvgIpc) is 2.56. The molecule has 1 unspecified atom stereocenters. The summed E-state index contributed by atoms with van der Waals surface area (Å²) >= 11 is 0. The molecule has 0 fully saturated rings. The van der Waals surface area contributed by atoms with Crippen molar-refractivity contribution in [1.82, 2.24) is 9.97 Å². The molecule has 0 aliphatic rings. The molecule has 1 heterocycles. The highest BCUT2D eigenvalue weighted by Crippen LogP contribution is 2.12. The molecule has 0 bridgehead atoms. The van der Waals surface area contributed by atoms with Crippen LogP contribution < -0.4 is 5.73 Å². The number of aromatic nitrogens is 2. The minimum absolute atomic E-state index is 0.107. The second-order valence-electron chi connectivity index (χ2n) is 6.14. The first-order chi connectivity index (χ1) is 11.0. The van der Waals surface area contributed by atoms with E-state index in [0.29, 0.717) is 12.2 Å². The molecule has 1 rings (SSSR count). The lowest BCUT2D eigenvalue weighted by Gasteiger charge is -2.21. The minimum atomic E-state index is -1.62. The van der Waals surface area contributed by atoms with Gasteiger partial charge in [-0.15, -0.1) is 0 Å². The Morgan fingerprint density at radius 1 is 1.13 bits per heavy atom. The van der Waals surface area contributed by atoms with Crippen LogP contribution in [0.2, 0.25) is 0 Å². The Balaban J connectivity index is 2.34. The zero-order chi connectivity index (χ0) is 17.1. The van der Waals surface area contributed by atoms with Crippen LogP contribution in [-0.2, 0) is 17.6 Å². The monoisotopic (exact) mass is 323 g/mol. The fourth-order valence-electron chi connectivity index (χ4n) is 2.34. The topological polar surface area (TPSA) is 109 Å². The number of unbranched alkanes of at least 4 members (excludes halogenated alkanes) is 5. The summed E-state index contributed by atoms with van der Waals surface area (Å²) in [5, 5.41) is 18.1. The van der Waals surface area contributed by atoms with Crippen molar-refractivity contribution in [3.05, 3.63) is 23.8 Å². The fraction of sp³-hybridized carbons (Fsp3) is 0.706. The largest absolute Gasteiger partial charge is 0.480 e. The molecule has 130 valence electrons. The Bertz CT molecular complexity index is 465. The van der Waals surface area contributed by atoms with Gasteiger partial charge < -0.3 is 15.9 Å². The van der Waals surface area contributed by atoms with Crippen LogP contribution in [-0.4, -0.2) is 38.3 Å². The number of rotatable bonds is 12. The van der Waals surface area contributed by atoms with E-state index in [9.17, 15) is 4.79 Å².